The average molecular weight is 1460 g/mol. The molecule has 1 saturated heterocycles. The van der Waals surface area contributed by atoms with Crippen LogP contribution in [0, 0.1) is 0 Å². The summed E-state index contributed by atoms with van der Waals surface area (Å²) >= 11 is 1.34. The molecule has 4 rings (SSSR count). The average Bonchev–Trinajstić information content (AvgIpc) is 1.74. The number of thioether (sulfide) groups is 1. The van der Waals surface area contributed by atoms with Gasteiger partial charge in [0, 0.05) is 25.9 Å². The van der Waals surface area contributed by atoms with Crippen LogP contribution in [0.3, 0.4) is 0 Å². The highest BCUT2D eigenvalue weighted by atomic mass is 32.2. The van der Waals surface area contributed by atoms with Gasteiger partial charge in [-0.05, 0) is 169 Å². The standard InChI is InChI=1S/C67H99N17O18S/c1-37(75-54(88)36-74-59(94)50(33-40-16-22-43(86)23-17-40)82-58(93)45(70)32-39-14-20-42(85)21-15-39)56(91)77-46(10-4-6-27-68)60(95)76-38(2)57(92)81-51(34-41-18-24-44(87)25-19-41)62(97)79-48(12-8-29-73-67(71)72)65(100)84-30-9-13-53(84)64(99)83-52(35-55(89)90)63(98)78-47(11-5-7-28-69)61(96)80-49(66(101)102)26-31-103-3/h14-25,37-38,45-53,85-87H,4-13,26-36,68-70H2,1-3H3,(H,74,94)(H,75,88)(H,76,95)(H,77,91)(H,78,98)(H,79,97)(H,80,96)(H,81,92)(H,82,93)(H,83,99)(H,89,90)(H,101,102)(H4,71,72,73)/t37-,38-,45-,46-,47-,48-,49-,50-,51-,52-,53-/m0/s1. The Morgan fingerprint density at radius 2 is 0.951 bits per heavy atom. The molecule has 0 aliphatic carbocycles. The van der Waals surface area contributed by atoms with E-state index in [2.05, 4.69) is 58.2 Å². The summed E-state index contributed by atoms with van der Waals surface area (Å²) in [4.78, 5) is 183. The molecule has 1 aliphatic rings. The highest BCUT2D eigenvalue weighted by Crippen LogP contribution is 2.22. The lowest BCUT2D eigenvalue weighted by atomic mass is 10.0. The first-order valence-electron chi connectivity index (χ1n) is 33.7. The molecule has 11 atom stereocenters. The summed E-state index contributed by atoms with van der Waals surface area (Å²) in [6.07, 6.45) is 1.96. The predicted molar refractivity (Wildman–Crippen MR) is 378 cm³/mol. The van der Waals surface area contributed by atoms with Gasteiger partial charge in [0.05, 0.1) is 19.0 Å². The summed E-state index contributed by atoms with van der Waals surface area (Å²) < 4.78 is 0. The van der Waals surface area contributed by atoms with Crippen LogP contribution in [0.1, 0.15) is 108 Å². The lowest BCUT2D eigenvalue weighted by Gasteiger charge is -2.31. The molecule has 0 radical (unpaired) electrons. The molecule has 36 heteroatoms. The number of likely N-dealkylation sites (tertiary alicyclic amines) is 1. The smallest absolute Gasteiger partial charge is 0.326 e. The van der Waals surface area contributed by atoms with Crippen molar-refractivity contribution in [3.63, 3.8) is 0 Å². The van der Waals surface area contributed by atoms with Crippen molar-refractivity contribution in [3.05, 3.63) is 89.5 Å². The van der Waals surface area contributed by atoms with Crippen LogP contribution in [-0.4, -0.2) is 225 Å². The number of nitrogens with zero attached hydrogens (tertiary/aromatic N) is 2. The molecule has 1 heterocycles. The van der Waals surface area contributed by atoms with Crippen molar-refractivity contribution < 1.29 is 87.9 Å². The predicted octanol–water partition coefficient (Wildman–Crippen LogP) is -3.71. The Morgan fingerprint density at radius 1 is 0.515 bits per heavy atom. The molecule has 3 aromatic rings. The van der Waals surface area contributed by atoms with Crippen LogP contribution in [0.15, 0.2) is 77.8 Å². The van der Waals surface area contributed by atoms with E-state index < -0.39 is 156 Å². The van der Waals surface area contributed by atoms with Gasteiger partial charge in [0.2, 0.25) is 65.0 Å². The minimum absolute atomic E-state index is 0.000566. The molecule has 3 aromatic carbocycles. The minimum Gasteiger partial charge on any atom is -0.508 e. The van der Waals surface area contributed by atoms with Gasteiger partial charge >= 0.3 is 11.9 Å². The molecule has 25 N–H and O–H groups in total. The number of aromatic hydroxyl groups is 3. The van der Waals surface area contributed by atoms with Crippen LogP contribution in [0.2, 0.25) is 0 Å². The molecular formula is C67H99N17O18S. The second-order valence-corrected chi connectivity index (χ2v) is 25.8. The largest absolute Gasteiger partial charge is 0.508 e. The van der Waals surface area contributed by atoms with Crippen LogP contribution < -0.4 is 81.8 Å². The maximum Gasteiger partial charge on any atom is 0.326 e. The molecule has 0 bridgehead atoms. The van der Waals surface area contributed by atoms with Crippen molar-refractivity contribution in [1.82, 2.24) is 58.1 Å². The molecule has 35 nitrogen and oxygen atoms in total. The van der Waals surface area contributed by atoms with E-state index in [1.165, 1.54) is 86.3 Å². The lowest BCUT2D eigenvalue weighted by Crippen LogP contribution is -2.60. The number of phenols is 3. The molecule has 103 heavy (non-hydrogen) atoms. The summed E-state index contributed by atoms with van der Waals surface area (Å²) in [5.74, 6) is -12.7. The first kappa shape index (κ1) is 85.1. The van der Waals surface area contributed by atoms with E-state index in [1.807, 2.05) is 0 Å². The Kier molecular flexibility index (Phi) is 36.5. The Bertz CT molecular complexity index is 3390. The van der Waals surface area contributed by atoms with Crippen molar-refractivity contribution in [1.29, 1.82) is 0 Å². The van der Waals surface area contributed by atoms with Crippen molar-refractivity contribution >= 4 is 94.6 Å². The monoisotopic (exact) mass is 1460 g/mol. The molecule has 0 saturated carbocycles. The van der Waals surface area contributed by atoms with E-state index in [4.69, 9.17) is 28.7 Å². The SMILES string of the molecule is CSCC[C@H](NC(=O)[C@H](CCCCN)NC(=O)[C@H](CC(=O)O)NC(=O)[C@@H]1CCCN1C(=O)[C@H](CCCN=C(N)N)NC(=O)[C@H](Cc1ccc(O)cc1)NC(=O)[C@H](C)NC(=O)[C@H](CCCCN)NC(=O)[C@H](C)NC(=O)CNC(=O)[C@H](Cc1ccc(O)cc1)NC(=O)[C@@H](N)Cc1ccc(O)cc1)C(=O)O. The van der Waals surface area contributed by atoms with E-state index in [9.17, 15) is 87.9 Å². The van der Waals surface area contributed by atoms with Crippen LogP contribution >= 0.6 is 11.8 Å². The number of nitrogens with two attached hydrogens (primary N) is 5. The summed E-state index contributed by atoms with van der Waals surface area (Å²) in [7, 11) is 0. The second kappa shape index (κ2) is 44.1. The number of aliphatic carboxylic acids is 2. The Balaban J connectivity index is 1.50. The third-order valence-electron chi connectivity index (χ3n) is 16.5. The molecule has 1 fully saturated rings. The number of carboxylic acids is 2. The Hall–Kier alpha value is -10.3. The molecule has 566 valence electrons. The number of phenolic OH excluding ortho intramolecular Hbond substituents is 3. The summed E-state index contributed by atoms with van der Waals surface area (Å²) in [6.45, 7) is 2.22. The molecule has 1 aliphatic heterocycles. The first-order chi connectivity index (χ1) is 48.9. The number of benzene rings is 3. The van der Waals surface area contributed by atoms with Gasteiger partial charge in [0.25, 0.3) is 0 Å². The maximum absolute atomic E-state index is 14.8. The fraction of sp³-hybridized carbons (Fsp3) is 0.522. The number of hydrogen-bond acceptors (Lipinski definition) is 21. The number of rotatable bonds is 45. The van der Waals surface area contributed by atoms with Gasteiger partial charge in [-0.25, -0.2) is 4.79 Å². The lowest BCUT2D eigenvalue weighted by molar-refractivity contribution is -0.144. The molecule has 0 unspecified atom stereocenters. The van der Waals surface area contributed by atoms with Crippen LogP contribution in [0.4, 0.5) is 0 Å². The number of nitrogens with one attached hydrogen (secondary N) is 10. The van der Waals surface area contributed by atoms with Crippen LogP contribution in [0.25, 0.3) is 0 Å². The third kappa shape index (κ3) is 30.4. The number of carbonyl (C=O) groups is 13. The van der Waals surface area contributed by atoms with Gasteiger partial charge in [0.1, 0.15) is 77.7 Å². The van der Waals surface area contributed by atoms with Crippen LogP contribution in [0.5, 0.6) is 17.2 Å². The van der Waals surface area contributed by atoms with E-state index in [-0.39, 0.29) is 114 Å². The number of carbonyl (C=O) groups excluding carboxylic acids is 11. The second-order valence-electron chi connectivity index (χ2n) is 24.8. The van der Waals surface area contributed by atoms with Gasteiger partial charge in [0.15, 0.2) is 5.96 Å². The van der Waals surface area contributed by atoms with Crippen molar-refractivity contribution in [2.24, 2.45) is 33.7 Å². The van der Waals surface area contributed by atoms with Crippen molar-refractivity contribution in [2.45, 2.75) is 177 Å². The zero-order valence-corrected chi connectivity index (χ0v) is 58.7. The Morgan fingerprint density at radius 3 is 1.46 bits per heavy atom. The number of unbranched alkanes of at least 4 members (excludes halogenated alkanes) is 2. The summed E-state index contributed by atoms with van der Waals surface area (Å²) in [5, 5.41) is 74.4. The van der Waals surface area contributed by atoms with E-state index >= 15 is 0 Å². The molecule has 0 spiro atoms. The zero-order chi connectivity index (χ0) is 76.3. The fourth-order valence-electron chi connectivity index (χ4n) is 10.8. The van der Waals surface area contributed by atoms with E-state index in [1.54, 1.807) is 18.4 Å². The fourth-order valence-corrected chi connectivity index (χ4v) is 11.3. The van der Waals surface area contributed by atoms with Gasteiger partial charge in [-0.15, -0.1) is 0 Å². The van der Waals surface area contributed by atoms with Crippen molar-refractivity contribution in [3.8, 4) is 17.2 Å². The van der Waals surface area contributed by atoms with Crippen molar-refractivity contribution in [2.75, 3.05) is 44.7 Å². The summed E-state index contributed by atoms with van der Waals surface area (Å²) in [6, 6.07) is 1.98. The maximum atomic E-state index is 14.8. The Labute approximate surface area is 599 Å². The number of amides is 11. The topological polar surface area (TPSA) is 589 Å². The van der Waals surface area contributed by atoms with Crippen LogP contribution in [-0.2, 0) is 81.6 Å². The van der Waals surface area contributed by atoms with Gasteiger partial charge in [-0.3, -0.25) is 62.5 Å². The number of aliphatic imine (C=N–C) groups is 1. The molecular weight excluding hydrogens is 1360 g/mol. The van der Waals surface area contributed by atoms with Gasteiger partial charge < -0.3 is 112 Å². The minimum atomic E-state index is -1.82. The number of guanidine groups is 1. The number of hydrogen-bond donors (Lipinski definition) is 20. The first-order valence-corrected chi connectivity index (χ1v) is 35.1. The zero-order valence-electron chi connectivity index (χ0n) is 57.9. The van der Waals surface area contributed by atoms with E-state index in [0.717, 1.165) is 4.90 Å². The molecule has 11 amide bonds. The third-order valence-corrected chi connectivity index (χ3v) is 17.1. The van der Waals surface area contributed by atoms with Gasteiger partial charge in [-0.1, -0.05) is 36.4 Å². The quantitative estimate of drug-likeness (QED) is 0.0147. The van der Waals surface area contributed by atoms with E-state index in [0.29, 0.717) is 48.1 Å². The highest BCUT2D eigenvalue weighted by Gasteiger charge is 2.41. The number of carboxylic acid groups (broad SMARTS) is 2. The highest BCUT2D eigenvalue weighted by molar-refractivity contribution is 7.98. The molecule has 0 aromatic heterocycles. The normalized spacial score (nSPS) is 15.4. The summed E-state index contributed by atoms with van der Waals surface area (Å²) in [5.41, 5.74) is 30.3. The van der Waals surface area contributed by atoms with Gasteiger partial charge in [-0.2, -0.15) is 11.8 Å².